The first-order valence-corrected chi connectivity index (χ1v) is 8.63. The van der Waals surface area contributed by atoms with Gasteiger partial charge < -0.3 is 29.8 Å². The van der Waals surface area contributed by atoms with Crippen LogP contribution in [0.15, 0.2) is 11.1 Å². The molecule has 13 nitrogen and oxygen atoms in total. The fraction of sp³-hybridized carbons (Fsp3) is 0.500. The van der Waals surface area contributed by atoms with Gasteiger partial charge in [0, 0.05) is 0 Å². The van der Waals surface area contributed by atoms with Gasteiger partial charge in [-0.05, 0) is 0 Å². The molecular formula is C10H13N4O9PS. The molecule has 4 atom stereocenters. The predicted molar refractivity (Wildman–Crippen MR) is 80.6 cm³/mol. The van der Waals surface area contributed by atoms with Crippen LogP contribution in [0.2, 0.25) is 0 Å². The summed E-state index contributed by atoms with van der Waals surface area (Å²) >= 11 is 4.93. The molecule has 0 aromatic carbocycles. The second kappa shape index (κ2) is 6.05. The molecule has 0 aliphatic carbocycles. The van der Waals surface area contributed by atoms with E-state index < -0.39 is 44.3 Å². The number of phosphoric acid groups is 1. The summed E-state index contributed by atoms with van der Waals surface area (Å²) in [4.78, 5) is 37.4. The predicted octanol–water partition coefficient (Wildman–Crippen LogP) is -2.39. The lowest BCUT2D eigenvalue weighted by atomic mass is 10.1. The summed E-state index contributed by atoms with van der Waals surface area (Å²) in [5.74, 6) is -2.59. The lowest BCUT2D eigenvalue weighted by Gasteiger charge is -2.27. The standard InChI is InChI=1S/C10H13N4O9PS/c15-5-3(1-22-24(19,20)21)23-10(18,6(5)16)14-2-11-4-7(14)12-9(17)13-8(4)25/h2-3,5-6,15-16,18H,1H2,(H2,19,20,21)(H2,12,13,17,25)/t3?,5-,6-,10-/m1/s1. The van der Waals surface area contributed by atoms with Crippen molar-refractivity contribution in [1.29, 1.82) is 0 Å². The molecule has 0 radical (unpaired) electrons. The Labute approximate surface area is 142 Å². The maximum absolute atomic E-state index is 11.5. The van der Waals surface area contributed by atoms with Gasteiger partial charge in [-0.2, -0.15) is 0 Å². The number of aliphatic hydroxyl groups excluding tert-OH is 2. The zero-order chi connectivity index (χ0) is 18.6. The zero-order valence-corrected chi connectivity index (χ0v) is 13.8. The van der Waals surface area contributed by atoms with Crippen molar-refractivity contribution in [1.82, 2.24) is 19.5 Å². The van der Waals surface area contributed by atoms with Crippen LogP contribution in [0.3, 0.4) is 0 Å². The van der Waals surface area contributed by atoms with Crippen LogP contribution in [0.1, 0.15) is 0 Å². The highest BCUT2D eigenvalue weighted by Gasteiger charge is 2.56. The molecule has 25 heavy (non-hydrogen) atoms. The summed E-state index contributed by atoms with van der Waals surface area (Å²) in [6, 6.07) is 0. The molecule has 0 bridgehead atoms. The van der Waals surface area contributed by atoms with E-state index in [0.29, 0.717) is 0 Å². The van der Waals surface area contributed by atoms with Gasteiger partial charge in [0.2, 0.25) is 0 Å². The van der Waals surface area contributed by atoms with Crippen molar-refractivity contribution in [3.05, 3.63) is 21.5 Å². The molecule has 1 aliphatic heterocycles. The van der Waals surface area contributed by atoms with Gasteiger partial charge in [-0.3, -0.25) is 19.1 Å². The molecule has 2 aromatic heterocycles. The van der Waals surface area contributed by atoms with E-state index in [0.717, 1.165) is 10.9 Å². The van der Waals surface area contributed by atoms with Crippen LogP contribution in [0.4, 0.5) is 0 Å². The Balaban J connectivity index is 2.00. The third-order valence-electron chi connectivity index (χ3n) is 3.61. The average Bonchev–Trinajstić information content (AvgIpc) is 3.01. The average molecular weight is 396 g/mol. The number of imidazole rings is 1. The normalized spacial score (nSPS) is 30.2. The Kier molecular flexibility index (Phi) is 4.43. The van der Waals surface area contributed by atoms with Crippen molar-refractivity contribution < 1.29 is 38.9 Å². The van der Waals surface area contributed by atoms with Gasteiger partial charge >= 0.3 is 13.5 Å². The maximum Gasteiger partial charge on any atom is 0.469 e. The van der Waals surface area contributed by atoms with E-state index in [1.165, 1.54) is 0 Å². The van der Waals surface area contributed by atoms with Gasteiger partial charge in [-0.25, -0.2) is 14.3 Å². The Morgan fingerprint density at radius 2 is 2.12 bits per heavy atom. The van der Waals surface area contributed by atoms with E-state index in [1.54, 1.807) is 0 Å². The number of nitrogens with one attached hydrogen (secondary N) is 2. The number of aromatic nitrogens is 4. The second-order valence-electron chi connectivity index (χ2n) is 5.26. The minimum atomic E-state index is -4.86. The fourth-order valence-electron chi connectivity index (χ4n) is 2.47. The molecule has 0 saturated carbocycles. The number of aromatic amines is 2. The van der Waals surface area contributed by atoms with Crippen molar-refractivity contribution in [2.75, 3.05) is 6.61 Å². The van der Waals surface area contributed by atoms with E-state index in [2.05, 4.69) is 19.5 Å². The van der Waals surface area contributed by atoms with Crippen molar-refractivity contribution in [3.8, 4) is 0 Å². The third-order valence-corrected chi connectivity index (χ3v) is 4.39. The topological polar surface area (TPSA) is 203 Å². The lowest BCUT2D eigenvalue weighted by Crippen LogP contribution is -2.45. The Morgan fingerprint density at radius 1 is 1.44 bits per heavy atom. The van der Waals surface area contributed by atoms with Crippen LogP contribution in [-0.4, -0.2) is 69.5 Å². The van der Waals surface area contributed by atoms with Gasteiger partial charge in [0.25, 0.3) is 5.91 Å². The number of H-pyrrole nitrogens is 2. The van der Waals surface area contributed by atoms with Crippen LogP contribution in [0.5, 0.6) is 0 Å². The summed E-state index contributed by atoms with van der Waals surface area (Å²) < 4.78 is 20.9. The van der Waals surface area contributed by atoms with Gasteiger partial charge in [-0.15, -0.1) is 0 Å². The number of aliphatic hydroxyl groups is 3. The summed E-state index contributed by atoms with van der Waals surface area (Å²) in [6.07, 6.45) is -4.17. The van der Waals surface area contributed by atoms with Gasteiger partial charge in [0.05, 0.1) is 6.61 Å². The number of hydrogen-bond donors (Lipinski definition) is 7. The SMILES string of the molecule is O=c1[nH]c(=S)c2ncn([C@]3(O)OC(COP(=O)(O)O)[C@@H](O)[C@H]3O)c2[nH]1. The van der Waals surface area contributed by atoms with Crippen molar-refractivity contribution in [2.45, 2.75) is 24.2 Å². The summed E-state index contributed by atoms with van der Waals surface area (Å²) in [5.41, 5.74) is -0.723. The van der Waals surface area contributed by atoms with Gasteiger partial charge in [-0.1, -0.05) is 12.2 Å². The highest BCUT2D eigenvalue weighted by Crippen LogP contribution is 2.40. The largest absolute Gasteiger partial charge is 0.469 e. The minimum absolute atomic E-state index is 0.0319. The molecule has 15 heteroatoms. The molecular weight excluding hydrogens is 383 g/mol. The Bertz CT molecular complexity index is 965. The van der Waals surface area contributed by atoms with E-state index in [1.807, 2.05) is 0 Å². The van der Waals surface area contributed by atoms with Gasteiger partial charge in [0.1, 0.15) is 34.3 Å². The van der Waals surface area contributed by atoms with Crippen LogP contribution in [0.25, 0.3) is 11.2 Å². The van der Waals surface area contributed by atoms with Crippen molar-refractivity contribution >= 4 is 31.2 Å². The number of ether oxygens (including phenoxy) is 1. The van der Waals surface area contributed by atoms with E-state index in [9.17, 15) is 24.7 Å². The molecule has 1 unspecified atom stereocenters. The number of rotatable bonds is 4. The van der Waals surface area contributed by atoms with E-state index in [-0.39, 0.29) is 15.8 Å². The van der Waals surface area contributed by atoms with Crippen LogP contribution < -0.4 is 5.69 Å². The summed E-state index contributed by atoms with van der Waals surface area (Å²) in [7, 11) is -4.86. The van der Waals surface area contributed by atoms with Crippen molar-refractivity contribution in [2.24, 2.45) is 0 Å². The molecule has 3 heterocycles. The second-order valence-corrected chi connectivity index (χ2v) is 6.90. The first-order chi connectivity index (χ1) is 11.5. The molecule has 1 fully saturated rings. The summed E-state index contributed by atoms with van der Waals surface area (Å²) in [6.45, 7) is -0.811. The maximum atomic E-state index is 11.5. The number of nitrogens with zero attached hydrogens (tertiary/aromatic N) is 2. The molecule has 0 spiro atoms. The van der Waals surface area contributed by atoms with Crippen molar-refractivity contribution in [3.63, 3.8) is 0 Å². The lowest BCUT2D eigenvalue weighted by molar-refractivity contribution is -0.286. The monoisotopic (exact) mass is 396 g/mol. The van der Waals surface area contributed by atoms with Crippen LogP contribution in [-0.2, 0) is 19.7 Å². The number of phosphoric ester groups is 1. The highest BCUT2D eigenvalue weighted by atomic mass is 32.1. The van der Waals surface area contributed by atoms with Crippen LogP contribution >= 0.6 is 20.0 Å². The zero-order valence-electron chi connectivity index (χ0n) is 12.1. The minimum Gasteiger partial charge on any atom is -0.387 e. The fourth-order valence-corrected chi connectivity index (χ4v) is 3.05. The first kappa shape index (κ1) is 18.3. The molecule has 1 saturated heterocycles. The Hall–Kier alpha value is -1.48. The molecule has 1 aliphatic rings. The quantitative estimate of drug-likeness (QED) is 0.215. The summed E-state index contributed by atoms with van der Waals surface area (Å²) in [5, 5.41) is 30.8. The molecule has 3 rings (SSSR count). The highest BCUT2D eigenvalue weighted by molar-refractivity contribution is 7.71. The number of fused-ring (bicyclic) bond motifs is 1. The molecule has 138 valence electrons. The molecule has 2 aromatic rings. The Morgan fingerprint density at radius 3 is 2.76 bits per heavy atom. The third kappa shape index (κ3) is 3.19. The van der Waals surface area contributed by atoms with Gasteiger partial charge in [0.15, 0.2) is 6.10 Å². The van der Waals surface area contributed by atoms with E-state index >= 15 is 0 Å². The van der Waals surface area contributed by atoms with Crippen LogP contribution in [0, 0.1) is 4.64 Å². The number of hydrogen-bond acceptors (Lipinski definition) is 9. The molecule has 0 amide bonds. The smallest absolute Gasteiger partial charge is 0.387 e. The van der Waals surface area contributed by atoms with E-state index in [4.69, 9.17) is 26.7 Å². The first-order valence-electron chi connectivity index (χ1n) is 6.69. The molecule has 7 N–H and O–H groups in total.